The average Bonchev–Trinajstić information content (AvgIpc) is 3.12. The van der Waals surface area contributed by atoms with Crippen molar-refractivity contribution in [3.05, 3.63) is 117 Å². The molecular weight excluding hydrogens is 504 g/mol. The van der Waals surface area contributed by atoms with Crippen LogP contribution in [0.1, 0.15) is 22.3 Å². The van der Waals surface area contributed by atoms with E-state index in [-0.39, 0.29) is 18.1 Å². The van der Waals surface area contributed by atoms with Crippen LogP contribution >= 0.6 is 15.9 Å². The van der Waals surface area contributed by atoms with Gasteiger partial charge in [-0.25, -0.2) is 4.79 Å². The number of nitrogens with one attached hydrogen (secondary N) is 1. The average molecular weight is 527 g/mol. The lowest BCUT2D eigenvalue weighted by molar-refractivity contribution is -0.123. The van der Waals surface area contributed by atoms with Crippen molar-refractivity contribution in [2.75, 3.05) is 0 Å². The summed E-state index contributed by atoms with van der Waals surface area (Å²) >= 11 is 3.57. The summed E-state index contributed by atoms with van der Waals surface area (Å²) in [6.45, 7) is 2.66. The van der Waals surface area contributed by atoms with Crippen LogP contribution in [0.5, 0.6) is 5.75 Å². The van der Waals surface area contributed by atoms with Gasteiger partial charge in [-0.15, -0.1) is 0 Å². The third kappa shape index (κ3) is 4.98. The van der Waals surface area contributed by atoms with Crippen molar-refractivity contribution in [2.24, 2.45) is 0 Å². The Morgan fingerprint density at radius 1 is 0.943 bits per heavy atom. The molecule has 0 atom stereocenters. The fourth-order valence-corrected chi connectivity index (χ4v) is 4.57. The van der Waals surface area contributed by atoms with Crippen molar-refractivity contribution in [3.63, 3.8) is 0 Å². The van der Waals surface area contributed by atoms with E-state index < -0.39 is 6.03 Å². The Hall–Kier alpha value is -3.90. The molecule has 1 N–H and O–H groups in total. The first-order valence-electron chi connectivity index (χ1n) is 11.3. The van der Waals surface area contributed by atoms with Crippen LogP contribution in [-0.2, 0) is 17.9 Å². The van der Waals surface area contributed by atoms with Crippen molar-refractivity contribution in [3.8, 4) is 5.75 Å². The zero-order valence-corrected chi connectivity index (χ0v) is 20.7. The van der Waals surface area contributed by atoms with Crippen LogP contribution < -0.4 is 10.1 Å². The summed E-state index contributed by atoms with van der Waals surface area (Å²) in [4.78, 5) is 26.5. The second-order valence-electron chi connectivity index (χ2n) is 8.48. The van der Waals surface area contributed by atoms with Gasteiger partial charge in [-0.2, -0.15) is 0 Å². The molecule has 0 saturated carbocycles. The van der Waals surface area contributed by atoms with Gasteiger partial charge >= 0.3 is 6.03 Å². The Balaban J connectivity index is 1.29. The second-order valence-corrected chi connectivity index (χ2v) is 9.34. The molecule has 0 bridgehead atoms. The Kier molecular flexibility index (Phi) is 6.38. The molecule has 4 aromatic carbocycles. The number of hydrogen-bond donors (Lipinski definition) is 1. The number of aryl methyl sites for hydroxylation is 1. The maximum Gasteiger partial charge on any atom is 0.329 e. The van der Waals surface area contributed by atoms with E-state index in [4.69, 9.17) is 4.74 Å². The molecule has 0 radical (unpaired) electrons. The lowest BCUT2D eigenvalue weighted by Crippen LogP contribution is -2.30. The largest absolute Gasteiger partial charge is 0.488 e. The van der Waals surface area contributed by atoms with E-state index in [0.29, 0.717) is 12.4 Å². The Labute approximate surface area is 212 Å². The highest BCUT2D eigenvalue weighted by Gasteiger charge is 2.33. The van der Waals surface area contributed by atoms with Gasteiger partial charge in [0.25, 0.3) is 5.91 Å². The molecule has 1 heterocycles. The first-order valence-corrected chi connectivity index (χ1v) is 12.1. The first kappa shape index (κ1) is 22.9. The fourth-order valence-electron chi connectivity index (χ4n) is 4.06. The van der Waals surface area contributed by atoms with Crippen LogP contribution in [0.15, 0.2) is 95.1 Å². The van der Waals surface area contributed by atoms with Gasteiger partial charge in [0.1, 0.15) is 18.1 Å². The minimum absolute atomic E-state index is 0.229. The number of hydrogen-bond acceptors (Lipinski definition) is 3. The van der Waals surface area contributed by atoms with Crippen molar-refractivity contribution in [1.29, 1.82) is 0 Å². The SMILES string of the molecule is Cc1ccc(CN2C(=O)N/C(=C/c3ccc(OCc4cccc5ccccc45)c(Br)c3)C2=O)cc1. The van der Waals surface area contributed by atoms with Gasteiger partial charge in [-0.3, -0.25) is 9.69 Å². The van der Waals surface area contributed by atoms with Crippen LogP contribution in [0.3, 0.4) is 0 Å². The highest BCUT2D eigenvalue weighted by atomic mass is 79.9. The minimum Gasteiger partial charge on any atom is -0.488 e. The molecule has 1 saturated heterocycles. The predicted molar refractivity (Wildman–Crippen MR) is 141 cm³/mol. The maximum absolute atomic E-state index is 12.8. The Morgan fingerprint density at radius 2 is 1.71 bits per heavy atom. The molecule has 3 amide bonds. The summed E-state index contributed by atoms with van der Waals surface area (Å²) < 4.78 is 6.84. The number of carbonyl (C=O) groups is 2. The van der Waals surface area contributed by atoms with Gasteiger partial charge in [0, 0.05) is 0 Å². The number of ether oxygens (including phenoxy) is 1. The number of urea groups is 1. The molecule has 0 unspecified atom stereocenters. The quantitative estimate of drug-likeness (QED) is 0.228. The zero-order valence-electron chi connectivity index (χ0n) is 19.1. The summed E-state index contributed by atoms with van der Waals surface area (Å²) in [7, 11) is 0. The van der Waals surface area contributed by atoms with Gasteiger partial charge in [-0.1, -0.05) is 78.4 Å². The summed E-state index contributed by atoms with van der Waals surface area (Å²) in [6.07, 6.45) is 1.68. The number of rotatable bonds is 6. The van der Waals surface area contributed by atoms with E-state index in [2.05, 4.69) is 45.5 Å². The van der Waals surface area contributed by atoms with Crippen LogP contribution in [0.4, 0.5) is 4.79 Å². The van der Waals surface area contributed by atoms with Crippen LogP contribution in [0.25, 0.3) is 16.8 Å². The number of benzene rings is 4. The van der Waals surface area contributed by atoms with Crippen molar-refractivity contribution in [1.82, 2.24) is 10.2 Å². The van der Waals surface area contributed by atoms with Crippen LogP contribution in [-0.4, -0.2) is 16.8 Å². The monoisotopic (exact) mass is 526 g/mol. The zero-order chi connectivity index (χ0) is 24.4. The molecule has 1 aliphatic rings. The summed E-state index contributed by atoms with van der Waals surface area (Å²) in [5.41, 5.74) is 4.15. The molecule has 1 fully saturated rings. The maximum atomic E-state index is 12.8. The van der Waals surface area contributed by atoms with E-state index in [0.717, 1.165) is 32.1 Å². The highest BCUT2D eigenvalue weighted by molar-refractivity contribution is 9.10. The lowest BCUT2D eigenvalue weighted by atomic mass is 10.1. The number of halogens is 1. The summed E-state index contributed by atoms with van der Waals surface area (Å²) in [6, 6.07) is 27.3. The summed E-state index contributed by atoms with van der Waals surface area (Å²) in [5, 5.41) is 5.02. The standard InChI is InChI=1S/C29H23BrN2O3/c1-19-9-11-20(12-10-19)17-32-28(33)26(31-29(32)34)16-21-13-14-27(25(30)15-21)35-18-23-7-4-6-22-5-2-3-8-24(22)23/h2-16H,17-18H2,1H3,(H,31,34)/b26-16+. The van der Waals surface area contributed by atoms with E-state index >= 15 is 0 Å². The number of nitrogens with zero attached hydrogens (tertiary/aromatic N) is 1. The summed E-state index contributed by atoms with van der Waals surface area (Å²) in [5.74, 6) is 0.353. The van der Waals surface area contributed by atoms with Gasteiger partial charge in [0.2, 0.25) is 0 Å². The fraction of sp³-hybridized carbons (Fsp3) is 0.103. The smallest absolute Gasteiger partial charge is 0.329 e. The van der Waals surface area contributed by atoms with Gasteiger partial charge < -0.3 is 10.1 Å². The lowest BCUT2D eigenvalue weighted by Gasteiger charge is -2.12. The molecule has 4 aromatic rings. The third-order valence-corrected chi connectivity index (χ3v) is 6.57. The number of imide groups is 1. The Morgan fingerprint density at radius 3 is 2.51 bits per heavy atom. The van der Waals surface area contributed by atoms with Gasteiger partial charge in [0.15, 0.2) is 0 Å². The predicted octanol–water partition coefficient (Wildman–Crippen LogP) is 6.58. The highest BCUT2D eigenvalue weighted by Crippen LogP contribution is 2.29. The minimum atomic E-state index is -0.420. The molecular formula is C29H23BrN2O3. The van der Waals surface area contributed by atoms with Crippen LogP contribution in [0, 0.1) is 6.92 Å². The third-order valence-electron chi connectivity index (χ3n) is 5.95. The molecule has 1 aliphatic heterocycles. The molecule has 0 spiro atoms. The Bertz CT molecular complexity index is 1460. The topological polar surface area (TPSA) is 58.6 Å². The molecule has 0 aliphatic carbocycles. The normalized spacial score (nSPS) is 14.6. The van der Waals surface area contributed by atoms with Crippen molar-refractivity contribution < 1.29 is 14.3 Å². The molecule has 174 valence electrons. The molecule has 6 heteroatoms. The number of amides is 3. The van der Waals surface area contributed by atoms with Gasteiger partial charge in [0.05, 0.1) is 11.0 Å². The van der Waals surface area contributed by atoms with Crippen molar-refractivity contribution >= 4 is 44.7 Å². The van der Waals surface area contributed by atoms with E-state index in [1.54, 1.807) is 6.08 Å². The van der Waals surface area contributed by atoms with Crippen molar-refractivity contribution in [2.45, 2.75) is 20.1 Å². The van der Waals surface area contributed by atoms with E-state index in [1.165, 1.54) is 10.3 Å². The van der Waals surface area contributed by atoms with E-state index in [1.807, 2.05) is 67.6 Å². The van der Waals surface area contributed by atoms with Gasteiger partial charge in [-0.05, 0) is 68.5 Å². The number of carbonyl (C=O) groups excluding carboxylic acids is 2. The number of fused-ring (bicyclic) bond motifs is 1. The molecule has 35 heavy (non-hydrogen) atoms. The second kappa shape index (κ2) is 9.76. The van der Waals surface area contributed by atoms with Crippen LogP contribution in [0.2, 0.25) is 0 Å². The molecule has 5 rings (SSSR count). The first-order chi connectivity index (χ1) is 17.0. The van der Waals surface area contributed by atoms with E-state index in [9.17, 15) is 9.59 Å². The molecule has 5 nitrogen and oxygen atoms in total. The molecule has 0 aromatic heterocycles.